The summed E-state index contributed by atoms with van der Waals surface area (Å²) < 4.78 is 0. The summed E-state index contributed by atoms with van der Waals surface area (Å²) in [6.07, 6.45) is 3.76. The van der Waals surface area contributed by atoms with Gasteiger partial charge in [-0.25, -0.2) is 0 Å². The van der Waals surface area contributed by atoms with Crippen molar-refractivity contribution in [2.45, 2.75) is 45.6 Å². The maximum Gasteiger partial charge on any atom is 0.219 e. The largest absolute Gasteiger partial charge is 0.371 e. The number of piperidine rings is 1. The molecule has 0 atom stereocenters. The zero-order chi connectivity index (χ0) is 13.7. The maximum absolute atomic E-state index is 11.4. The molecule has 1 saturated heterocycles. The van der Waals surface area contributed by atoms with Gasteiger partial charge in [-0.3, -0.25) is 4.79 Å². The van der Waals surface area contributed by atoms with Crippen molar-refractivity contribution in [3.05, 3.63) is 29.8 Å². The van der Waals surface area contributed by atoms with Gasteiger partial charge in [0.15, 0.2) is 0 Å². The van der Waals surface area contributed by atoms with Crippen molar-refractivity contribution < 1.29 is 4.79 Å². The van der Waals surface area contributed by atoms with Gasteiger partial charge in [0.05, 0.1) is 0 Å². The molecule has 0 bridgehead atoms. The lowest BCUT2D eigenvalue weighted by Crippen LogP contribution is -2.44. The predicted molar refractivity (Wildman–Crippen MR) is 79.5 cm³/mol. The molecule has 3 nitrogen and oxygen atoms in total. The van der Waals surface area contributed by atoms with Crippen molar-refractivity contribution in [1.82, 2.24) is 5.32 Å². The Bertz CT molecular complexity index is 405. The molecule has 0 radical (unpaired) electrons. The highest BCUT2D eigenvalue weighted by atomic mass is 16.1. The van der Waals surface area contributed by atoms with E-state index >= 15 is 0 Å². The molecule has 1 amide bonds. The van der Waals surface area contributed by atoms with Crippen LogP contribution in [-0.4, -0.2) is 25.0 Å². The average molecular weight is 260 g/mol. The smallest absolute Gasteiger partial charge is 0.219 e. The third kappa shape index (κ3) is 3.72. The Balaban J connectivity index is 1.86. The highest BCUT2D eigenvalue weighted by molar-refractivity contribution is 5.75. The molecule has 0 aliphatic carbocycles. The summed E-state index contributed by atoms with van der Waals surface area (Å²) >= 11 is 0. The molecule has 0 unspecified atom stereocenters. The molecule has 104 valence electrons. The van der Waals surface area contributed by atoms with Gasteiger partial charge in [0.2, 0.25) is 5.91 Å². The number of carbonyl (C=O) groups excluding carboxylic acids is 1. The van der Waals surface area contributed by atoms with Crippen LogP contribution in [0.25, 0.3) is 0 Å². The normalized spacial score (nSPS) is 16.4. The zero-order valence-corrected chi connectivity index (χ0v) is 12.0. The van der Waals surface area contributed by atoms with Gasteiger partial charge in [0, 0.05) is 31.2 Å². The van der Waals surface area contributed by atoms with Crippen molar-refractivity contribution in [3.63, 3.8) is 0 Å². The van der Waals surface area contributed by atoms with Crippen molar-refractivity contribution in [3.8, 4) is 0 Å². The summed E-state index contributed by atoms with van der Waals surface area (Å²) in [6, 6.07) is 9.20. The number of carbonyl (C=O) groups is 1. The predicted octanol–water partition coefficient (Wildman–Crippen LogP) is 2.74. The van der Waals surface area contributed by atoms with Crippen molar-refractivity contribution in [2.75, 3.05) is 18.0 Å². The van der Waals surface area contributed by atoms with Gasteiger partial charge in [0.1, 0.15) is 0 Å². The molecule has 1 N–H and O–H groups in total. The van der Waals surface area contributed by atoms with Crippen LogP contribution >= 0.6 is 0 Å². The lowest BCUT2D eigenvalue weighted by Gasteiger charge is -2.34. The van der Waals surface area contributed by atoms with E-state index in [1.807, 2.05) is 6.92 Å². The summed E-state index contributed by atoms with van der Waals surface area (Å²) in [7, 11) is 0. The lowest BCUT2D eigenvalue weighted by molar-refractivity contribution is -0.121. The van der Waals surface area contributed by atoms with E-state index < -0.39 is 0 Å². The second-order valence-electron chi connectivity index (χ2n) is 5.20. The van der Waals surface area contributed by atoms with E-state index in [0.29, 0.717) is 12.5 Å². The molecule has 1 fully saturated rings. The maximum atomic E-state index is 11.4. The zero-order valence-electron chi connectivity index (χ0n) is 12.0. The van der Waals surface area contributed by atoms with Crippen LogP contribution in [0.2, 0.25) is 0 Å². The first-order chi connectivity index (χ1) is 9.22. The molecule has 1 aromatic rings. The fourth-order valence-electron chi connectivity index (χ4n) is 2.55. The lowest BCUT2D eigenvalue weighted by atomic mass is 10.0. The summed E-state index contributed by atoms with van der Waals surface area (Å²) in [4.78, 5) is 13.8. The van der Waals surface area contributed by atoms with E-state index in [4.69, 9.17) is 0 Å². The minimum Gasteiger partial charge on any atom is -0.371 e. The molecule has 3 heteroatoms. The Morgan fingerprint density at radius 1 is 1.21 bits per heavy atom. The molecule has 0 saturated carbocycles. The Kier molecular flexibility index (Phi) is 4.83. The van der Waals surface area contributed by atoms with Crippen molar-refractivity contribution in [1.29, 1.82) is 0 Å². The molecule has 0 aromatic heterocycles. The first-order valence-corrected chi connectivity index (χ1v) is 7.36. The molecule has 1 aliphatic heterocycles. The molecule has 2 rings (SSSR count). The number of rotatable bonds is 4. The number of nitrogens with one attached hydrogen (secondary N) is 1. The third-order valence-corrected chi connectivity index (χ3v) is 3.89. The number of hydrogen-bond donors (Lipinski definition) is 1. The van der Waals surface area contributed by atoms with E-state index in [2.05, 4.69) is 41.4 Å². The molecule has 0 spiro atoms. The van der Waals surface area contributed by atoms with Crippen LogP contribution in [0.4, 0.5) is 5.69 Å². The average Bonchev–Trinajstić information content (AvgIpc) is 2.48. The third-order valence-electron chi connectivity index (χ3n) is 3.89. The first kappa shape index (κ1) is 13.9. The fourth-order valence-corrected chi connectivity index (χ4v) is 2.55. The van der Waals surface area contributed by atoms with E-state index in [1.165, 1.54) is 11.3 Å². The highest BCUT2D eigenvalue weighted by Crippen LogP contribution is 2.20. The highest BCUT2D eigenvalue weighted by Gasteiger charge is 2.20. The van der Waals surface area contributed by atoms with Gasteiger partial charge in [0.25, 0.3) is 0 Å². The van der Waals surface area contributed by atoms with Crippen LogP contribution in [0.5, 0.6) is 0 Å². The van der Waals surface area contributed by atoms with E-state index in [1.54, 1.807) is 0 Å². The minimum atomic E-state index is 0.172. The van der Waals surface area contributed by atoms with Crippen LogP contribution in [0.3, 0.4) is 0 Å². The van der Waals surface area contributed by atoms with Crippen LogP contribution in [0.15, 0.2) is 24.3 Å². The van der Waals surface area contributed by atoms with Gasteiger partial charge in [-0.1, -0.05) is 26.0 Å². The quantitative estimate of drug-likeness (QED) is 0.903. The van der Waals surface area contributed by atoms with Gasteiger partial charge in [-0.2, -0.15) is 0 Å². The second-order valence-corrected chi connectivity index (χ2v) is 5.20. The number of aryl methyl sites for hydroxylation is 1. The SMILES string of the molecule is CCC(=O)NC1CCN(c2ccc(CC)cc2)CC1. The molecule has 1 aromatic carbocycles. The molecular weight excluding hydrogens is 236 g/mol. The first-order valence-electron chi connectivity index (χ1n) is 7.36. The molecule has 1 aliphatic rings. The number of anilines is 1. The summed E-state index contributed by atoms with van der Waals surface area (Å²) in [6.45, 7) is 6.14. The number of nitrogens with zero attached hydrogens (tertiary/aromatic N) is 1. The Hall–Kier alpha value is -1.51. The second kappa shape index (κ2) is 6.60. The number of hydrogen-bond acceptors (Lipinski definition) is 2. The Morgan fingerprint density at radius 2 is 1.84 bits per heavy atom. The van der Waals surface area contributed by atoms with Gasteiger partial charge in [-0.15, -0.1) is 0 Å². The van der Waals surface area contributed by atoms with Crippen LogP contribution in [-0.2, 0) is 11.2 Å². The van der Waals surface area contributed by atoms with E-state index in [-0.39, 0.29) is 5.91 Å². The number of benzene rings is 1. The molecule has 19 heavy (non-hydrogen) atoms. The Morgan fingerprint density at radius 3 is 2.37 bits per heavy atom. The minimum absolute atomic E-state index is 0.172. The van der Waals surface area contributed by atoms with Crippen LogP contribution in [0.1, 0.15) is 38.7 Å². The van der Waals surface area contributed by atoms with Gasteiger partial charge < -0.3 is 10.2 Å². The van der Waals surface area contributed by atoms with Crippen LogP contribution < -0.4 is 10.2 Å². The topological polar surface area (TPSA) is 32.3 Å². The molecular formula is C16H24N2O. The van der Waals surface area contributed by atoms with Gasteiger partial charge in [-0.05, 0) is 37.0 Å². The van der Waals surface area contributed by atoms with Gasteiger partial charge >= 0.3 is 0 Å². The van der Waals surface area contributed by atoms with Crippen molar-refractivity contribution >= 4 is 11.6 Å². The summed E-state index contributed by atoms with van der Waals surface area (Å²) in [5.41, 5.74) is 2.69. The van der Waals surface area contributed by atoms with E-state index in [0.717, 1.165) is 32.4 Å². The fraction of sp³-hybridized carbons (Fsp3) is 0.562. The molecule has 1 heterocycles. The standard InChI is InChI=1S/C16H24N2O/c1-3-13-5-7-15(8-6-13)18-11-9-14(10-12-18)17-16(19)4-2/h5-8,14H,3-4,9-12H2,1-2H3,(H,17,19). The van der Waals surface area contributed by atoms with E-state index in [9.17, 15) is 4.79 Å². The number of amides is 1. The monoisotopic (exact) mass is 260 g/mol. The summed E-state index contributed by atoms with van der Waals surface area (Å²) in [5.74, 6) is 0.172. The van der Waals surface area contributed by atoms with Crippen molar-refractivity contribution in [2.24, 2.45) is 0 Å². The summed E-state index contributed by atoms with van der Waals surface area (Å²) in [5, 5.41) is 3.09. The Labute approximate surface area is 116 Å². The van der Waals surface area contributed by atoms with Crippen LogP contribution in [0, 0.1) is 0 Å².